The van der Waals surface area contributed by atoms with Crippen LogP contribution in [0.3, 0.4) is 0 Å². The molecule has 0 aliphatic rings. The van der Waals surface area contributed by atoms with E-state index in [4.69, 9.17) is 5.11 Å². The smallest absolute Gasteiger partial charge is 0.303 e. The molecule has 6 heteroatoms. The number of carbonyl (C=O) groups is 1. The first-order chi connectivity index (χ1) is 10.1. The van der Waals surface area contributed by atoms with Gasteiger partial charge < -0.3 is 14.8 Å². The van der Waals surface area contributed by atoms with Crippen molar-refractivity contribution in [3.05, 3.63) is 30.1 Å². The Morgan fingerprint density at radius 3 is 2.90 bits per heavy atom. The minimum Gasteiger partial charge on any atom is -0.481 e. The summed E-state index contributed by atoms with van der Waals surface area (Å²) >= 11 is 0. The number of benzene rings is 1. The maximum Gasteiger partial charge on any atom is 0.303 e. The number of para-hydroxylation sites is 2. The summed E-state index contributed by atoms with van der Waals surface area (Å²) in [7, 11) is 1.98. The molecule has 1 unspecified atom stereocenters. The predicted octanol–water partition coefficient (Wildman–Crippen LogP) is 1.28. The summed E-state index contributed by atoms with van der Waals surface area (Å²) < 4.78 is 2.05. The van der Waals surface area contributed by atoms with Crippen molar-refractivity contribution in [2.24, 2.45) is 7.05 Å². The fraction of sp³-hybridized carbons (Fsp3) is 0.467. The Bertz CT molecular complexity index is 609. The molecule has 0 spiro atoms. The van der Waals surface area contributed by atoms with E-state index >= 15 is 0 Å². The van der Waals surface area contributed by atoms with E-state index in [0.29, 0.717) is 25.8 Å². The van der Waals surface area contributed by atoms with E-state index in [1.54, 1.807) is 0 Å². The van der Waals surface area contributed by atoms with Gasteiger partial charge in [0.25, 0.3) is 0 Å². The fourth-order valence-corrected chi connectivity index (χ4v) is 2.32. The molecule has 2 rings (SSSR count). The third-order valence-electron chi connectivity index (χ3n) is 3.48. The summed E-state index contributed by atoms with van der Waals surface area (Å²) in [5, 5.41) is 21.2. The number of aliphatic carboxylic acids is 1. The van der Waals surface area contributed by atoms with Crippen LogP contribution in [-0.4, -0.2) is 38.5 Å². The number of rotatable bonds is 8. The number of carboxylic acids is 1. The summed E-state index contributed by atoms with van der Waals surface area (Å²) in [6.45, 7) is 0.603. The van der Waals surface area contributed by atoms with Crippen molar-refractivity contribution in [2.75, 3.05) is 6.54 Å². The van der Waals surface area contributed by atoms with Crippen molar-refractivity contribution in [1.29, 1.82) is 0 Å². The Morgan fingerprint density at radius 1 is 1.43 bits per heavy atom. The van der Waals surface area contributed by atoms with E-state index in [0.717, 1.165) is 16.9 Å². The molecule has 114 valence electrons. The van der Waals surface area contributed by atoms with Crippen LogP contribution in [0.2, 0.25) is 0 Å². The Balaban J connectivity index is 1.79. The molecule has 1 aromatic heterocycles. The summed E-state index contributed by atoms with van der Waals surface area (Å²) in [4.78, 5) is 14.9. The summed E-state index contributed by atoms with van der Waals surface area (Å²) in [5.74, 6) is 0.128. The average molecular weight is 291 g/mol. The maximum absolute atomic E-state index is 10.4. The highest BCUT2D eigenvalue weighted by atomic mass is 16.4. The van der Waals surface area contributed by atoms with E-state index in [2.05, 4.69) is 10.3 Å². The molecule has 0 radical (unpaired) electrons. The molecule has 3 N–H and O–H groups in total. The monoisotopic (exact) mass is 291 g/mol. The van der Waals surface area contributed by atoms with Crippen LogP contribution in [0.25, 0.3) is 11.0 Å². The first kappa shape index (κ1) is 15.5. The number of aliphatic hydroxyl groups excluding tert-OH is 1. The van der Waals surface area contributed by atoms with Crippen LogP contribution in [0, 0.1) is 0 Å². The molecular formula is C15H21N3O3. The number of carboxylic acid groups (broad SMARTS) is 1. The molecule has 0 saturated heterocycles. The number of hydrogen-bond donors (Lipinski definition) is 3. The van der Waals surface area contributed by atoms with Crippen LogP contribution in [0.1, 0.15) is 25.1 Å². The van der Waals surface area contributed by atoms with Crippen molar-refractivity contribution in [1.82, 2.24) is 14.9 Å². The molecule has 1 aromatic carbocycles. The molecule has 0 saturated carbocycles. The second kappa shape index (κ2) is 7.19. The van der Waals surface area contributed by atoms with Crippen LogP contribution in [0.5, 0.6) is 0 Å². The van der Waals surface area contributed by atoms with Gasteiger partial charge in [-0.2, -0.15) is 0 Å². The highest BCUT2D eigenvalue weighted by molar-refractivity contribution is 5.75. The summed E-state index contributed by atoms with van der Waals surface area (Å²) in [6.07, 6.45) is 1.04. The molecule has 1 heterocycles. The van der Waals surface area contributed by atoms with E-state index in [1.165, 1.54) is 0 Å². The van der Waals surface area contributed by atoms with Gasteiger partial charge in [0.2, 0.25) is 0 Å². The zero-order valence-corrected chi connectivity index (χ0v) is 12.1. The average Bonchev–Trinajstić information content (AvgIpc) is 2.76. The first-order valence-corrected chi connectivity index (χ1v) is 7.11. The highest BCUT2D eigenvalue weighted by Gasteiger charge is 2.08. The summed E-state index contributed by atoms with van der Waals surface area (Å²) in [6, 6.07) is 7.95. The molecule has 21 heavy (non-hydrogen) atoms. The van der Waals surface area contributed by atoms with Gasteiger partial charge >= 0.3 is 5.97 Å². The molecule has 0 fully saturated rings. The van der Waals surface area contributed by atoms with Crippen LogP contribution in [0.4, 0.5) is 0 Å². The van der Waals surface area contributed by atoms with Gasteiger partial charge in [0.1, 0.15) is 12.1 Å². The number of fused-ring (bicyclic) bond motifs is 1. The number of aryl methyl sites for hydroxylation is 1. The Hall–Kier alpha value is -1.92. The molecule has 0 amide bonds. The van der Waals surface area contributed by atoms with Crippen molar-refractivity contribution < 1.29 is 15.0 Å². The molecule has 6 nitrogen and oxygen atoms in total. The third-order valence-corrected chi connectivity index (χ3v) is 3.48. The lowest BCUT2D eigenvalue weighted by Gasteiger charge is -2.11. The lowest BCUT2D eigenvalue weighted by atomic mass is 10.2. The van der Waals surface area contributed by atoms with Gasteiger partial charge in [-0.3, -0.25) is 10.1 Å². The van der Waals surface area contributed by atoms with Gasteiger partial charge in [-0.15, -0.1) is 0 Å². The van der Waals surface area contributed by atoms with E-state index in [-0.39, 0.29) is 6.42 Å². The van der Waals surface area contributed by atoms with Gasteiger partial charge in [0, 0.05) is 26.4 Å². The lowest BCUT2D eigenvalue weighted by Crippen LogP contribution is -2.31. The normalized spacial score (nSPS) is 12.7. The minimum atomic E-state index is -0.832. The van der Waals surface area contributed by atoms with Crippen LogP contribution >= 0.6 is 0 Å². The number of nitrogens with one attached hydrogen (secondary N) is 1. The lowest BCUT2D eigenvalue weighted by molar-refractivity contribution is -0.137. The van der Waals surface area contributed by atoms with Crippen LogP contribution in [0.15, 0.2) is 24.3 Å². The van der Waals surface area contributed by atoms with Crippen LogP contribution < -0.4 is 5.32 Å². The topological polar surface area (TPSA) is 87.4 Å². The summed E-state index contributed by atoms with van der Waals surface area (Å²) in [5.41, 5.74) is 2.06. The van der Waals surface area contributed by atoms with Crippen molar-refractivity contribution in [2.45, 2.75) is 31.9 Å². The molecule has 0 aliphatic carbocycles. The number of hydrogen-bond acceptors (Lipinski definition) is 4. The third kappa shape index (κ3) is 4.27. The van der Waals surface area contributed by atoms with E-state index in [9.17, 15) is 9.90 Å². The SMILES string of the molecule is Cn1c(CCNC(O)CCCC(=O)O)nc2ccccc21. The second-order valence-corrected chi connectivity index (χ2v) is 5.08. The number of aromatic nitrogens is 2. The van der Waals surface area contributed by atoms with Gasteiger partial charge in [-0.25, -0.2) is 4.98 Å². The maximum atomic E-state index is 10.4. The first-order valence-electron chi connectivity index (χ1n) is 7.11. The molecular weight excluding hydrogens is 270 g/mol. The quantitative estimate of drug-likeness (QED) is 0.638. The zero-order chi connectivity index (χ0) is 15.2. The Morgan fingerprint density at radius 2 is 2.19 bits per heavy atom. The molecule has 1 atom stereocenters. The largest absolute Gasteiger partial charge is 0.481 e. The highest BCUT2D eigenvalue weighted by Crippen LogP contribution is 2.14. The standard InChI is InChI=1S/C15H21N3O3/c1-18-12-6-3-2-5-11(12)17-13(18)9-10-16-14(19)7-4-8-15(20)21/h2-3,5-6,14,16,19H,4,7-10H2,1H3,(H,20,21). The van der Waals surface area contributed by atoms with Gasteiger partial charge in [-0.05, 0) is 25.0 Å². The Labute approximate surface area is 123 Å². The van der Waals surface area contributed by atoms with Gasteiger partial charge in [0.05, 0.1) is 11.0 Å². The van der Waals surface area contributed by atoms with Crippen molar-refractivity contribution in [3.63, 3.8) is 0 Å². The zero-order valence-electron chi connectivity index (χ0n) is 12.1. The molecule has 0 aliphatic heterocycles. The van der Waals surface area contributed by atoms with Crippen molar-refractivity contribution in [3.8, 4) is 0 Å². The van der Waals surface area contributed by atoms with Gasteiger partial charge in [-0.1, -0.05) is 12.1 Å². The minimum absolute atomic E-state index is 0.0868. The predicted molar refractivity (Wildman–Crippen MR) is 79.9 cm³/mol. The van der Waals surface area contributed by atoms with E-state index in [1.807, 2.05) is 35.9 Å². The molecule has 0 bridgehead atoms. The Kier molecular flexibility index (Phi) is 5.30. The number of nitrogens with zero attached hydrogens (tertiary/aromatic N) is 2. The number of imidazole rings is 1. The van der Waals surface area contributed by atoms with Crippen molar-refractivity contribution >= 4 is 17.0 Å². The van der Waals surface area contributed by atoms with Crippen LogP contribution in [-0.2, 0) is 18.3 Å². The number of aliphatic hydroxyl groups is 1. The van der Waals surface area contributed by atoms with Gasteiger partial charge in [0.15, 0.2) is 0 Å². The fourth-order valence-electron chi connectivity index (χ4n) is 2.32. The molecule has 2 aromatic rings. The second-order valence-electron chi connectivity index (χ2n) is 5.08. The van der Waals surface area contributed by atoms with E-state index < -0.39 is 12.2 Å².